The minimum Gasteiger partial charge on any atom is -0.347 e. The Morgan fingerprint density at radius 1 is 1.23 bits per heavy atom. The van der Waals surface area contributed by atoms with Crippen LogP contribution in [-0.4, -0.2) is 31.6 Å². The highest BCUT2D eigenvalue weighted by molar-refractivity contribution is 6.30. The van der Waals surface area contributed by atoms with Gasteiger partial charge in [-0.25, -0.2) is 0 Å². The van der Waals surface area contributed by atoms with E-state index in [1.54, 1.807) is 4.90 Å². The Balaban J connectivity index is 1.71. The number of amides is 1. The third kappa shape index (κ3) is 3.31. The Morgan fingerprint density at radius 2 is 1.86 bits per heavy atom. The minimum atomic E-state index is -0.0947. The first-order chi connectivity index (χ1) is 10.5. The van der Waals surface area contributed by atoms with Crippen molar-refractivity contribution in [2.24, 2.45) is 11.8 Å². The molecule has 1 amide bonds. The molecule has 22 heavy (non-hydrogen) atoms. The number of benzene rings is 1. The topological polar surface area (TPSA) is 33.5 Å². The summed E-state index contributed by atoms with van der Waals surface area (Å²) < 4.78 is 0. The average Bonchev–Trinajstić information content (AvgIpc) is 2.50. The molecule has 0 unspecified atom stereocenters. The number of fused-ring (bicyclic) bond motifs is 3. The van der Waals surface area contributed by atoms with Gasteiger partial charge in [0.2, 0.25) is 5.91 Å². The number of carbonyl (C=O) groups excluding carboxylic acids is 1. The molecule has 3 aliphatic rings. The summed E-state index contributed by atoms with van der Waals surface area (Å²) in [5, 5.41) is 4.07. The van der Waals surface area contributed by atoms with Gasteiger partial charge in [0.15, 0.2) is 0 Å². The van der Waals surface area contributed by atoms with E-state index in [-0.39, 0.29) is 17.7 Å². The van der Waals surface area contributed by atoms with Gasteiger partial charge in [0.05, 0.1) is 31.6 Å². The molecule has 120 valence electrons. The molecule has 2 atom stereocenters. The zero-order valence-electron chi connectivity index (χ0n) is 13.4. The fourth-order valence-corrected chi connectivity index (χ4v) is 4.21. The molecule has 4 heteroatoms. The molecule has 2 N–H and O–H groups in total. The second kappa shape index (κ2) is 6.59. The van der Waals surface area contributed by atoms with E-state index in [1.165, 1.54) is 25.9 Å². The summed E-state index contributed by atoms with van der Waals surface area (Å²) in [6.45, 7) is 7.88. The molecule has 0 radical (unpaired) electrons. The Labute approximate surface area is 138 Å². The van der Waals surface area contributed by atoms with Crippen LogP contribution in [0.2, 0.25) is 5.02 Å². The zero-order valence-corrected chi connectivity index (χ0v) is 14.2. The Bertz CT molecular complexity index is 520. The number of halogens is 1. The highest BCUT2D eigenvalue weighted by Gasteiger charge is 2.39. The second-order valence-electron chi connectivity index (χ2n) is 7.18. The van der Waals surface area contributed by atoms with E-state index in [0.717, 1.165) is 12.1 Å². The second-order valence-corrected chi connectivity index (χ2v) is 7.62. The maximum absolute atomic E-state index is 12.9. The smallest absolute Gasteiger partial charge is 0.228 e. The van der Waals surface area contributed by atoms with Gasteiger partial charge in [-0.3, -0.25) is 4.79 Å². The molecule has 3 nitrogen and oxygen atoms in total. The summed E-state index contributed by atoms with van der Waals surface area (Å²) in [6.07, 6.45) is 2.52. The van der Waals surface area contributed by atoms with Gasteiger partial charge in [-0.1, -0.05) is 37.6 Å². The Morgan fingerprint density at radius 3 is 2.36 bits per heavy atom. The summed E-state index contributed by atoms with van der Waals surface area (Å²) in [4.78, 5) is 14.5. The molecule has 0 spiro atoms. The standard InChI is InChI=1S/C18H25ClN2O/c1-12(2)17(14-3-5-15(19)6-4-14)18(22)20-16-11-21-9-7-13(16)8-10-21/h3-6,12-13,16-17H,7-11H2,1-2H3,(H,20,22)/p+1/t16-,17-/m1/s1. The summed E-state index contributed by atoms with van der Waals surface area (Å²) in [7, 11) is 0. The van der Waals surface area contributed by atoms with Crippen molar-refractivity contribution in [2.45, 2.75) is 38.6 Å². The first-order valence-electron chi connectivity index (χ1n) is 8.44. The zero-order chi connectivity index (χ0) is 15.7. The van der Waals surface area contributed by atoms with Crippen LogP contribution in [0.25, 0.3) is 0 Å². The van der Waals surface area contributed by atoms with Gasteiger partial charge in [0.25, 0.3) is 0 Å². The SMILES string of the molecule is CC(C)[C@@H](C(=O)N[C@@H]1C[NH+]2CCC1CC2)c1ccc(Cl)cc1. The largest absolute Gasteiger partial charge is 0.347 e. The first kappa shape index (κ1) is 15.8. The van der Waals surface area contributed by atoms with E-state index in [9.17, 15) is 4.79 Å². The van der Waals surface area contributed by atoms with Crippen molar-refractivity contribution < 1.29 is 9.69 Å². The molecule has 0 aromatic heterocycles. The molecule has 3 fully saturated rings. The molecule has 0 aliphatic carbocycles. The quantitative estimate of drug-likeness (QED) is 0.872. The molecule has 1 aromatic carbocycles. The van der Waals surface area contributed by atoms with Crippen LogP contribution < -0.4 is 10.2 Å². The van der Waals surface area contributed by atoms with Crippen molar-refractivity contribution in [3.05, 3.63) is 34.9 Å². The lowest BCUT2D eigenvalue weighted by Crippen LogP contribution is -3.17. The number of nitrogens with one attached hydrogen (secondary N) is 2. The maximum atomic E-state index is 12.9. The van der Waals surface area contributed by atoms with E-state index in [2.05, 4.69) is 19.2 Å². The number of hydrogen-bond acceptors (Lipinski definition) is 1. The van der Waals surface area contributed by atoms with E-state index < -0.39 is 0 Å². The highest BCUT2D eigenvalue weighted by Crippen LogP contribution is 2.27. The van der Waals surface area contributed by atoms with Crippen molar-refractivity contribution in [3.8, 4) is 0 Å². The van der Waals surface area contributed by atoms with E-state index >= 15 is 0 Å². The van der Waals surface area contributed by atoms with Crippen LogP contribution in [0.4, 0.5) is 0 Å². The van der Waals surface area contributed by atoms with Gasteiger partial charge in [-0.15, -0.1) is 0 Å². The van der Waals surface area contributed by atoms with Crippen molar-refractivity contribution in [1.29, 1.82) is 0 Å². The van der Waals surface area contributed by atoms with Crippen LogP contribution in [0.3, 0.4) is 0 Å². The molecule has 0 saturated carbocycles. The number of quaternary nitrogens is 1. The molecule has 3 aliphatic heterocycles. The molecule has 3 saturated heterocycles. The Hall–Kier alpha value is -1.06. The lowest BCUT2D eigenvalue weighted by Gasteiger charge is -2.42. The van der Waals surface area contributed by atoms with Crippen LogP contribution in [0.15, 0.2) is 24.3 Å². The summed E-state index contributed by atoms with van der Waals surface area (Å²) in [5.41, 5.74) is 1.06. The summed E-state index contributed by atoms with van der Waals surface area (Å²) in [6, 6.07) is 8.07. The summed E-state index contributed by atoms with van der Waals surface area (Å²) >= 11 is 5.97. The van der Waals surface area contributed by atoms with Crippen molar-refractivity contribution in [3.63, 3.8) is 0 Å². The number of piperidine rings is 3. The number of rotatable bonds is 4. The predicted octanol–water partition coefficient (Wildman–Crippen LogP) is 1.87. The van der Waals surface area contributed by atoms with Crippen LogP contribution in [0, 0.1) is 11.8 Å². The first-order valence-corrected chi connectivity index (χ1v) is 8.82. The normalized spacial score (nSPS) is 28.6. The van der Waals surface area contributed by atoms with Crippen molar-refractivity contribution >= 4 is 17.5 Å². The van der Waals surface area contributed by atoms with Gasteiger partial charge in [-0.05, 0) is 29.5 Å². The van der Waals surface area contributed by atoms with Crippen molar-refractivity contribution in [1.82, 2.24) is 5.32 Å². The van der Waals surface area contributed by atoms with Gasteiger partial charge in [-0.2, -0.15) is 0 Å². The summed E-state index contributed by atoms with van der Waals surface area (Å²) in [5.74, 6) is 1.03. The maximum Gasteiger partial charge on any atom is 0.228 e. The molecule has 1 aromatic rings. The number of carbonyl (C=O) groups is 1. The van der Waals surface area contributed by atoms with Crippen LogP contribution in [-0.2, 0) is 4.79 Å². The fraction of sp³-hybridized carbons (Fsp3) is 0.611. The van der Waals surface area contributed by atoms with Gasteiger partial charge in [0, 0.05) is 17.9 Å². The highest BCUT2D eigenvalue weighted by atomic mass is 35.5. The van der Waals surface area contributed by atoms with Crippen LogP contribution in [0.1, 0.15) is 38.2 Å². The lowest BCUT2D eigenvalue weighted by molar-refractivity contribution is -0.917. The van der Waals surface area contributed by atoms with E-state index in [4.69, 9.17) is 11.6 Å². The van der Waals surface area contributed by atoms with Crippen LogP contribution in [0.5, 0.6) is 0 Å². The van der Waals surface area contributed by atoms with Crippen LogP contribution >= 0.6 is 11.6 Å². The monoisotopic (exact) mass is 321 g/mol. The third-order valence-corrected chi connectivity index (χ3v) is 5.57. The predicted molar refractivity (Wildman–Crippen MR) is 89.2 cm³/mol. The van der Waals surface area contributed by atoms with Crippen molar-refractivity contribution in [2.75, 3.05) is 19.6 Å². The molecular weight excluding hydrogens is 296 g/mol. The molecule has 2 bridgehead atoms. The lowest BCUT2D eigenvalue weighted by atomic mass is 9.82. The molecule has 3 heterocycles. The van der Waals surface area contributed by atoms with Gasteiger partial charge < -0.3 is 10.2 Å². The number of hydrogen-bond donors (Lipinski definition) is 2. The third-order valence-electron chi connectivity index (χ3n) is 5.32. The minimum absolute atomic E-state index is 0.0947. The van der Waals surface area contributed by atoms with Gasteiger partial charge >= 0.3 is 0 Å². The molecule has 4 rings (SSSR count). The average molecular weight is 322 g/mol. The fourth-order valence-electron chi connectivity index (χ4n) is 4.08. The van der Waals surface area contributed by atoms with E-state index in [1.807, 2.05) is 24.3 Å². The molecular formula is C18H26ClN2O+. The van der Waals surface area contributed by atoms with E-state index in [0.29, 0.717) is 17.0 Å². The Kier molecular flexibility index (Phi) is 4.74. The van der Waals surface area contributed by atoms with Gasteiger partial charge in [0.1, 0.15) is 0 Å².